The summed E-state index contributed by atoms with van der Waals surface area (Å²) < 4.78 is 2.20. The number of hydrogen-bond acceptors (Lipinski definition) is 9. The van der Waals surface area contributed by atoms with Gasteiger partial charge in [-0.2, -0.15) is 0 Å². The summed E-state index contributed by atoms with van der Waals surface area (Å²) in [6.45, 7) is 28.2. The van der Waals surface area contributed by atoms with Crippen LogP contribution < -0.4 is 20.9 Å². The number of amides is 2. The average Bonchev–Trinajstić information content (AvgIpc) is 3.96. The van der Waals surface area contributed by atoms with Gasteiger partial charge in [0.05, 0.1) is 46.6 Å². The molecule has 0 saturated carbocycles. The molecule has 5 aliphatic heterocycles. The van der Waals surface area contributed by atoms with E-state index in [2.05, 4.69) is 86.4 Å². The van der Waals surface area contributed by atoms with Crippen LogP contribution >= 0.6 is 0 Å². The van der Waals surface area contributed by atoms with Crippen LogP contribution in [0, 0.1) is 0 Å². The quantitative estimate of drug-likeness (QED) is 0.152. The summed E-state index contributed by atoms with van der Waals surface area (Å²) in [6, 6.07) is 8.49. The van der Waals surface area contributed by atoms with Crippen molar-refractivity contribution in [2.75, 3.05) is 48.3 Å². The van der Waals surface area contributed by atoms with Gasteiger partial charge in [-0.25, -0.2) is 15.0 Å². The Kier molecular flexibility index (Phi) is 15.9. The molecule has 2 atom stereocenters. The van der Waals surface area contributed by atoms with Crippen molar-refractivity contribution in [2.24, 2.45) is 0 Å². The lowest BCUT2D eigenvalue weighted by Crippen LogP contribution is -2.64. The molecule has 60 heavy (non-hydrogen) atoms. The number of likely N-dealkylation sites (tertiary alicyclic amines) is 2. The van der Waals surface area contributed by atoms with Gasteiger partial charge in [-0.1, -0.05) is 92.9 Å². The summed E-state index contributed by atoms with van der Waals surface area (Å²) in [5.41, 5.74) is 4.15. The Bertz CT molecular complexity index is 2000. The van der Waals surface area contributed by atoms with Crippen LogP contribution in [0.2, 0.25) is 0 Å². The third-order valence-corrected chi connectivity index (χ3v) is 12.2. The van der Waals surface area contributed by atoms with Gasteiger partial charge in [0.2, 0.25) is 0 Å². The maximum absolute atomic E-state index is 12.7. The van der Waals surface area contributed by atoms with E-state index in [1.807, 2.05) is 99.4 Å². The number of nitrogens with zero attached hydrogens (tertiary/aromatic N) is 7. The lowest BCUT2D eigenvalue weighted by atomic mass is 9.78. The zero-order valence-electron chi connectivity index (χ0n) is 37.6. The van der Waals surface area contributed by atoms with E-state index in [0.29, 0.717) is 36.4 Å². The number of anilines is 3. The van der Waals surface area contributed by atoms with Gasteiger partial charge in [-0.3, -0.25) is 19.5 Å². The molecule has 2 amide bonds. The largest absolute Gasteiger partial charge is 0.374 e. The monoisotopic (exact) mass is 819 g/mol. The van der Waals surface area contributed by atoms with Gasteiger partial charge >= 0.3 is 0 Å². The van der Waals surface area contributed by atoms with Gasteiger partial charge < -0.3 is 25.3 Å². The zero-order valence-corrected chi connectivity index (χ0v) is 37.6. The van der Waals surface area contributed by atoms with Crippen molar-refractivity contribution in [3.63, 3.8) is 0 Å². The van der Waals surface area contributed by atoms with E-state index in [9.17, 15) is 9.59 Å². The number of piperidine rings is 2. The van der Waals surface area contributed by atoms with Gasteiger partial charge in [0, 0.05) is 62.7 Å². The summed E-state index contributed by atoms with van der Waals surface area (Å²) in [7, 11) is 0. The number of hydrogen-bond donors (Lipinski definition) is 3. The van der Waals surface area contributed by atoms with Crippen LogP contribution in [-0.2, 0) is 21.5 Å². The normalized spacial score (nSPS) is 20.2. The molecule has 3 saturated heterocycles. The Balaban J connectivity index is 0.000000210. The van der Waals surface area contributed by atoms with Crippen molar-refractivity contribution in [3.05, 3.63) is 103 Å². The molecule has 0 aliphatic carbocycles. The van der Waals surface area contributed by atoms with E-state index < -0.39 is 0 Å². The van der Waals surface area contributed by atoms with Crippen LogP contribution in [0.3, 0.4) is 0 Å². The molecule has 2 unspecified atom stereocenters. The molecule has 5 aliphatic rings. The molecule has 0 aromatic carbocycles. The molecule has 3 aromatic heterocycles. The Morgan fingerprint density at radius 3 is 1.83 bits per heavy atom. The molecule has 324 valence electrons. The molecule has 0 bridgehead atoms. The van der Waals surface area contributed by atoms with Crippen molar-refractivity contribution < 1.29 is 9.59 Å². The van der Waals surface area contributed by atoms with E-state index >= 15 is 0 Å². The maximum Gasteiger partial charge on any atom is 0.253 e. The van der Waals surface area contributed by atoms with E-state index in [-0.39, 0.29) is 22.9 Å². The Morgan fingerprint density at radius 1 is 0.767 bits per heavy atom. The fraction of sp³-hybridized carbons (Fsp3) is 0.521. The highest BCUT2D eigenvalue weighted by Crippen LogP contribution is 2.45. The van der Waals surface area contributed by atoms with E-state index in [1.165, 1.54) is 0 Å². The average molecular weight is 819 g/mol. The minimum absolute atomic E-state index is 0.0279. The number of aromatic nitrogens is 4. The second-order valence-corrected chi connectivity index (χ2v) is 15.5. The predicted octanol–water partition coefficient (Wildman–Crippen LogP) is 8.55. The van der Waals surface area contributed by atoms with E-state index in [4.69, 9.17) is 0 Å². The molecule has 3 fully saturated rings. The molecule has 2 spiro atoms. The number of aryl methyl sites for hydroxylation is 1. The standard InChI is InChI=1S/C22H31N5O.C22H27N5O.2C2H6/c2*1-4-6-8-16(3)21(28)26-13-10-22(11-14-26)18-15-24-19(5-2)27(18)20-17(25-22)9-7-12-23-20;2*1-2/h6-9,12,18-19,24-25H,3-5,10-11,13-15H2,1-2H3;6-9,12,15,25H,3-5,10-11,13-14H2,1-2H3;2*1-2H3/b2*8-6-;;. The van der Waals surface area contributed by atoms with Crippen LogP contribution in [0.4, 0.5) is 17.2 Å². The maximum atomic E-state index is 12.7. The second kappa shape index (κ2) is 20.8. The van der Waals surface area contributed by atoms with Crippen molar-refractivity contribution in [3.8, 4) is 5.82 Å². The predicted molar refractivity (Wildman–Crippen MR) is 246 cm³/mol. The molecule has 8 heterocycles. The number of fused-ring (bicyclic) bond motifs is 8. The summed E-state index contributed by atoms with van der Waals surface area (Å²) in [4.78, 5) is 45.7. The van der Waals surface area contributed by atoms with Crippen molar-refractivity contribution in [1.29, 1.82) is 0 Å². The first-order valence-corrected chi connectivity index (χ1v) is 22.5. The number of carbonyl (C=O) groups is 2. The van der Waals surface area contributed by atoms with Crippen LogP contribution in [0.25, 0.3) is 5.82 Å². The lowest BCUT2D eigenvalue weighted by molar-refractivity contribution is -0.129. The van der Waals surface area contributed by atoms with Gasteiger partial charge in [0.25, 0.3) is 11.8 Å². The molecular weight excluding hydrogens is 749 g/mol. The third-order valence-electron chi connectivity index (χ3n) is 12.2. The molecule has 0 radical (unpaired) electrons. The van der Waals surface area contributed by atoms with Crippen molar-refractivity contribution >= 4 is 29.0 Å². The van der Waals surface area contributed by atoms with Crippen LogP contribution in [0.15, 0.2) is 91.5 Å². The van der Waals surface area contributed by atoms with Gasteiger partial charge in [-0.05, 0) is 69.2 Å². The highest BCUT2D eigenvalue weighted by atomic mass is 16.2. The first-order valence-electron chi connectivity index (χ1n) is 22.5. The summed E-state index contributed by atoms with van der Waals surface area (Å²) in [5.74, 6) is 3.07. The molecule has 8 rings (SSSR count). The molecule has 12 heteroatoms. The molecular formula is C48H70N10O2. The Morgan fingerprint density at radius 2 is 1.30 bits per heavy atom. The lowest BCUT2D eigenvalue weighted by Gasteiger charge is -2.53. The van der Waals surface area contributed by atoms with Crippen molar-refractivity contribution in [2.45, 2.75) is 130 Å². The number of rotatable bonds is 8. The first-order chi connectivity index (χ1) is 29.2. The Hall–Kier alpha value is -5.23. The highest BCUT2D eigenvalue weighted by molar-refractivity contribution is 5.96. The smallest absolute Gasteiger partial charge is 0.253 e. The molecule has 12 nitrogen and oxygen atoms in total. The molecule has 3 N–H and O–H groups in total. The zero-order chi connectivity index (χ0) is 43.5. The van der Waals surface area contributed by atoms with Gasteiger partial charge in [0.15, 0.2) is 11.6 Å². The SMILES string of the molecule is C=C(/C=C\CC)C(=O)N1CCC2(CC1)Nc1cccnc1-n1c2cnc1CC.C=C(/C=C\CC)C(=O)N1CCC2(CC1)Nc1cccnc1N1C(CC)NCC12.CC.CC. The fourth-order valence-corrected chi connectivity index (χ4v) is 9.13. The van der Waals surface area contributed by atoms with Crippen LogP contribution in [0.1, 0.15) is 112 Å². The topological polar surface area (TPSA) is 124 Å². The summed E-state index contributed by atoms with van der Waals surface area (Å²) >= 11 is 0. The van der Waals surface area contributed by atoms with E-state index in [1.54, 1.807) is 0 Å². The minimum atomic E-state index is -0.228. The summed E-state index contributed by atoms with van der Waals surface area (Å²) in [6.07, 6.45) is 20.8. The summed E-state index contributed by atoms with van der Waals surface area (Å²) in [5, 5.41) is 11.2. The number of allylic oxidation sites excluding steroid dienone is 2. The molecule has 3 aromatic rings. The number of pyridine rings is 2. The third kappa shape index (κ3) is 9.08. The van der Waals surface area contributed by atoms with Crippen LogP contribution in [-0.4, -0.2) is 91.6 Å². The number of carbonyl (C=O) groups excluding carboxylic acids is 2. The number of nitrogens with one attached hydrogen (secondary N) is 3. The van der Waals surface area contributed by atoms with Crippen LogP contribution in [0.5, 0.6) is 0 Å². The first kappa shape index (κ1) is 45.8. The highest BCUT2D eigenvalue weighted by Gasteiger charge is 2.53. The van der Waals surface area contributed by atoms with Crippen molar-refractivity contribution in [1.82, 2.24) is 34.6 Å². The van der Waals surface area contributed by atoms with Gasteiger partial charge in [0.1, 0.15) is 5.82 Å². The minimum Gasteiger partial charge on any atom is -0.374 e. The number of imidazole rings is 1. The van der Waals surface area contributed by atoms with Gasteiger partial charge in [-0.15, -0.1) is 0 Å². The fourth-order valence-electron chi connectivity index (χ4n) is 9.13. The van der Waals surface area contributed by atoms with E-state index in [0.717, 1.165) is 106 Å². The Labute approximate surface area is 359 Å². The second-order valence-electron chi connectivity index (χ2n) is 15.5.